The van der Waals surface area contributed by atoms with Crippen molar-refractivity contribution < 1.29 is 4.79 Å². The van der Waals surface area contributed by atoms with Crippen LogP contribution in [-0.2, 0) is 6.42 Å². The Hall–Kier alpha value is -2.38. The highest BCUT2D eigenvalue weighted by atomic mass is 35.5. The van der Waals surface area contributed by atoms with Gasteiger partial charge in [-0.05, 0) is 30.7 Å². The molecule has 0 aliphatic carbocycles. The summed E-state index contributed by atoms with van der Waals surface area (Å²) in [5.41, 5.74) is 2.64. The summed E-state index contributed by atoms with van der Waals surface area (Å²) in [5.74, 6) is -0.310. The summed E-state index contributed by atoms with van der Waals surface area (Å²) in [5, 5.41) is 11.7. The number of anilines is 1. The number of aromatic nitrogens is 1. The minimum absolute atomic E-state index is 0.310. The second-order valence-electron chi connectivity index (χ2n) is 4.29. The Morgan fingerprint density at radius 2 is 2.10 bits per heavy atom. The fourth-order valence-electron chi connectivity index (χ4n) is 1.69. The summed E-state index contributed by atoms with van der Waals surface area (Å²) < 4.78 is 0. The van der Waals surface area contributed by atoms with Crippen LogP contribution < -0.4 is 5.32 Å². The van der Waals surface area contributed by atoms with Crippen molar-refractivity contribution in [2.75, 3.05) is 5.32 Å². The zero-order valence-corrected chi connectivity index (χ0v) is 11.6. The minimum atomic E-state index is -0.310. The van der Waals surface area contributed by atoms with Gasteiger partial charge in [0, 0.05) is 17.6 Å². The molecule has 1 amide bonds. The Morgan fingerprint density at radius 1 is 1.40 bits per heavy atom. The van der Waals surface area contributed by atoms with Gasteiger partial charge in [-0.2, -0.15) is 5.26 Å². The van der Waals surface area contributed by atoms with E-state index in [-0.39, 0.29) is 5.91 Å². The second-order valence-corrected chi connectivity index (χ2v) is 4.70. The zero-order valence-electron chi connectivity index (χ0n) is 10.9. The van der Waals surface area contributed by atoms with Crippen molar-refractivity contribution >= 4 is 23.2 Å². The van der Waals surface area contributed by atoms with Crippen molar-refractivity contribution in [1.29, 1.82) is 5.26 Å². The zero-order chi connectivity index (χ0) is 14.5. The van der Waals surface area contributed by atoms with Gasteiger partial charge < -0.3 is 5.32 Å². The quantitative estimate of drug-likeness (QED) is 0.940. The summed E-state index contributed by atoms with van der Waals surface area (Å²) in [7, 11) is 0. The van der Waals surface area contributed by atoms with Gasteiger partial charge in [-0.3, -0.25) is 9.78 Å². The van der Waals surface area contributed by atoms with Crippen molar-refractivity contribution in [3.63, 3.8) is 0 Å². The molecule has 2 aromatic rings. The molecule has 0 bridgehead atoms. The van der Waals surface area contributed by atoms with Gasteiger partial charge in [-0.25, -0.2) is 0 Å². The topological polar surface area (TPSA) is 65.8 Å². The summed E-state index contributed by atoms with van der Waals surface area (Å²) in [6.07, 6.45) is 1.80. The molecule has 0 saturated carbocycles. The Bertz CT molecular complexity index is 675. The van der Waals surface area contributed by atoms with Gasteiger partial charge in [0.2, 0.25) is 0 Å². The molecule has 0 spiro atoms. The third-order valence-corrected chi connectivity index (χ3v) is 3.04. The summed E-state index contributed by atoms with van der Waals surface area (Å²) in [6, 6.07) is 10.8. The van der Waals surface area contributed by atoms with Crippen molar-refractivity contribution in [3.8, 4) is 6.07 Å². The summed E-state index contributed by atoms with van der Waals surface area (Å²) in [6.45, 7) is 1.81. The molecule has 0 unspecified atom stereocenters. The number of amides is 1. The maximum atomic E-state index is 12.1. The van der Waals surface area contributed by atoms with Crippen LogP contribution in [0.25, 0.3) is 0 Å². The van der Waals surface area contributed by atoms with Gasteiger partial charge in [0.25, 0.3) is 5.91 Å². The largest absolute Gasteiger partial charge is 0.322 e. The molecule has 0 aliphatic heterocycles. The Kier molecular flexibility index (Phi) is 4.34. The van der Waals surface area contributed by atoms with Crippen molar-refractivity contribution in [2.24, 2.45) is 0 Å². The first kappa shape index (κ1) is 14.0. The number of benzene rings is 1. The van der Waals surface area contributed by atoms with Gasteiger partial charge in [0.05, 0.1) is 23.1 Å². The van der Waals surface area contributed by atoms with Gasteiger partial charge in [0.1, 0.15) is 0 Å². The third kappa shape index (κ3) is 3.34. The molecule has 5 heteroatoms. The predicted octanol–water partition coefficient (Wildman–Crippen LogP) is 3.36. The lowest BCUT2D eigenvalue weighted by molar-refractivity contribution is 0.102. The first-order chi connectivity index (χ1) is 9.60. The highest BCUT2D eigenvalue weighted by molar-refractivity contribution is 6.34. The lowest BCUT2D eigenvalue weighted by Crippen LogP contribution is -2.13. The molecule has 0 fully saturated rings. The van der Waals surface area contributed by atoms with E-state index in [2.05, 4.69) is 16.4 Å². The first-order valence-electron chi connectivity index (χ1n) is 5.99. The van der Waals surface area contributed by atoms with Gasteiger partial charge in [-0.15, -0.1) is 0 Å². The van der Waals surface area contributed by atoms with E-state index in [1.165, 1.54) is 6.20 Å². The smallest absolute Gasteiger partial charge is 0.258 e. The third-order valence-electron chi connectivity index (χ3n) is 2.73. The van der Waals surface area contributed by atoms with E-state index >= 15 is 0 Å². The van der Waals surface area contributed by atoms with E-state index < -0.39 is 0 Å². The Labute approximate surface area is 122 Å². The molecule has 0 radical (unpaired) electrons. The molecule has 20 heavy (non-hydrogen) atoms. The monoisotopic (exact) mass is 285 g/mol. The molecule has 2 rings (SSSR count). The van der Waals surface area contributed by atoms with Crippen molar-refractivity contribution in [3.05, 3.63) is 58.4 Å². The van der Waals surface area contributed by atoms with E-state index in [1.54, 1.807) is 30.3 Å². The lowest BCUT2D eigenvalue weighted by atomic mass is 10.1. The number of aryl methyl sites for hydroxylation is 1. The van der Waals surface area contributed by atoms with E-state index in [9.17, 15) is 4.79 Å². The van der Waals surface area contributed by atoms with Crippen LogP contribution >= 0.6 is 11.6 Å². The van der Waals surface area contributed by atoms with Crippen LogP contribution in [0.2, 0.25) is 5.02 Å². The molecule has 100 valence electrons. The summed E-state index contributed by atoms with van der Waals surface area (Å²) >= 11 is 6.02. The highest BCUT2D eigenvalue weighted by Gasteiger charge is 2.11. The average molecular weight is 286 g/mol. The van der Waals surface area contributed by atoms with Crippen LogP contribution in [0.4, 0.5) is 5.69 Å². The number of pyridine rings is 1. The molecule has 1 aromatic carbocycles. The van der Waals surface area contributed by atoms with Gasteiger partial charge >= 0.3 is 0 Å². The standard InChI is InChI=1S/C15H12ClN3O/c1-10-8-14(16)13(9-18-10)15(20)19-12-4-2-11(3-5-12)6-7-17/h2-5,8-9H,6H2,1H3,(H,19,20). The Morgan fingerprint density at radius 3 is 2.70 bits per heavy atom. The molecule has 0 atom stereocenters. The first-order valence-corrected chi connectivity index (χ1v) is 6.37. The minimum Gasteiger partial charge on any atom is -0.322 e. The Balaban J connectivity index is 2.13. The number of nitrogens with zero attached hydrogens (tertiary/aromatic N) is 2. The van der Waals surface area contributed by atoms with E-state index in [4.69, 9.17) is 16.9 Å². The molecule has 1 aromatic heterocycles. The number of hydrogen-bond donors (Lipinski definition) is 1. The number of nitriles is 1. The van der Waals surface area contributed by atoms with Crippen LogP contribution in [0.3, 0.4) is 0 Å². The average Bonchev–Trinajstić information content (AvgIpc) is 2.41. The van der Waals surface area contributed by atoms with Crippen LogP contribution in [-0.4, -0.2) is 10.9 Å². The maximum Gasteiger partial charge on any atom is 0.258 e. The molecule has 1 heterocycles. The fraction of sp³-hybridized carbons (Fsp3) is 0.133. The van der Waals surface area contributed by atoms with Crippen LogP contribution in [0.1, 0.15) is 21.6 Å². The molecular formula is C15H12ClN3O. The number of carbonyl (C=O) groups excluding carboxylic acids is 1. The number of rotatable bonds is 3. The number of carbonyl (C=O) groups is 1. The number of nitrogens with one attached hydrogen (secondary N) is 1. The SMILES string of the molecule is Cc1cc(Cl)c(C(=O)Nc2ccc(CC#N)cc2)cn1. The fourth-order valence-corrected chi connectivity index (χ4v) is 1.98. The molecular weight excluding hydrogens is 274 g/mol. The lowest BCUT2D eigenvalue weighted by Gasteiger charge is -2.07. The summed E-state index contributed by atoms with van der Waals surface area (Å²) in [4.78, 5) is 16.1. The van der Waals surface area contributed by atoms with Gasteiger partial charge in [-0.1, -0.05) is 23.7 Å². The normalized spacial score (nSPS) is 9.85. The molecule has 0 aliphatic rings. The van der Waals surface area contributed by atoms with Crippen LogP contribution in [0.5, 0.6) is 0 Å². The number of halogens is 1. The van der Waals surface area contributed by atoms with E-state index in [1.807, 2.05) is 6.92 Å². The second kappa shape index (κ2) is 6.18. The van der Waals surface area contributed by atoms with Crippen molar-refractivity contribution in [2.45, 2.75) is 13.3 Å². The van der Waals surface area contributed by atoms with Gasteiger partial charge in [0.15, 0.2) is 0 Å². The van der Waals surface area contributed by atoms with Crippen LogP contribution in [0.15, 0.2) is 36.5 Å². The van der Waals surface area contributed by atoms with Crippen LogP contribution in [0, 0.1) is 18.3 Å². The molecule has 1 N–H and O–H groups in total. The molecule has 0 saturated heterocycles. The molecule has 4 nitrogen and oxygen atoms in total. The van der Waals surface area contributed by atoms with E-state index in [0.29, 0.717) is 22.7 Å². The van der Waals surface area contributed by atoms with E-state index in [0.717, 1.165) is 11.3 Å². The van der Waals surface area contributed by atoms with Crippen molar-refractivity contribution in [1.82, 2.24) is 4.98 Å². The highest BCUT2D eigenvalue weighted by Crippen LogP contribution is 2.18. The predicted molar refractivity (Wildman–Crippen MR) is 77.7 cm³/mol. The maximum absolute atomic E-state index is 12.1. The number of hydrogen-bond acceptors (Lipinski definition) is 3.